The lowest BCUT2D eigenvalue weighted by Gasteiger charge is -2.29. The number of hydrogen-bond donors (Lipinski definition) is 1. The van der Waals surface area contributed by atoms with E-state index < -0.39 is 0 Å². The van der Waals surface area contributed by atoms with Gasteiger partial charge in [0.25, 0.3) is 0 Å². The molecular formula is C24H25N3O. The van der Waals surface area contributed by atoms with E-state index in [1.165, 1.54) is 11.1 Å². The minimum Gasteiger partial charge on any atom is -0.374 e. The molecule has 0 saturated carbocycles. The normalized spacial score (nSPS) is 13.0. The molecule has 0 fully saturated rings. The average molecular weight is 371 g/mol. The fourth-order valence-corrected chi connectivity index (χ4v) is 3.70. The number of nitrogens with one attached hydrogen (secondary N) is 1. The smallest absolute Gasteiger partial charge is 0.242 e. The molecule has 4 rings (SSSR count). The van der Waals surface area contributed by atoms with E-state index in [1.807, 2.05) is 54.4 Å². The number of anilines is 3. The van der Waals surface area contributed by atoms with Crippen LogP contribution in [0.5, 0.6) is 0 Å². The Bertz CT molecular complexity index is 955. The summed E-state index contributed by atoms with van der Waals surface area (Å²) in [4.78, 5) is 16.9. The Morgan fingerprint density at radius 1 is 0.929 bits per heavy atom. The Labute approximate surface area is 166 Å². The number of fused-ring (bicyclic) bond motifs is 1. The van der Waals surface area contributed by atoms with Gasteiger partial charge in [-0.05, 0) is 41.8 Å². The monoisotopic (exact) mass is 371 g/mol. The molecule has 0 unspecified atom stereocenters. The largest absolute Gasteiger partial charge is 0.374 e. The molecule has 0 radical (unpaired) electrons. The van der Waals surface area contributed by atoms with E-state index in [0.29, 0.717) is 13.1 Å². The SMILES string of the molecule is CN(c1ccccc1)c1ccccc1NCC(=O)N1CCc2ccccc2C1. The standard InChI is InChI=1S/C24H25N3O/c1-26(21-11-3-2-4-12-21)23-14-8-7-13-22(23)25-17-24(28)27-16-15-19-9-5-6-10-20(19)18-27/h2-14,25H,15-18H2,1H3. The third-order valence-corrected chi connectivity index (χ3v) is 5.32. The van der Waals surface area contributed by atoms with Gasteiger partial charge >= 0.3 is 0 Å². The van der Waals surface area contributed by atoms with Crippen molar-refractivity contribution >= 4 is 23.0 Å². The molecule has 4 nitrogen and oxygen atoms in total. The van der Waals surface area contributed by atoms with Crippen molar-refractivity contribution in [1.29, 1.82) is 0 Å². The maximum atomic E-state index is 12.8. The number of benzene rings is 3. The third kappa shape index (κ3) is 3.86. The van der Waals surface area contributed by atoms with Crippen molar-refractivity contribution in [1.82, 2.24) is 4.90 Å². The van der Waals surface area contributed by atoms with Crippen LogP contribution < -0.4 is 10.2 Å². The zero-order valence-electron chi connectivity index (χ0n) is 16.1. The predicted octanol–water partition coefficient (Wildman–Crippen LogP) is 4.45. The van der Waals surface area contributed by atoms with Crippen molar-refractivity contribution in [3.8, 4) is 0 Å². The summed E-state index contributed by atoms with van der Waals surface area (Å²) in [7, 11) is 2.04. The second kappa shape index (κ2) is 8.17. The molecule has 0 aliphatic carbocycles. The fraction of sp³-hybridized carbons (Fsp3) is 0.208. The summed E-state index contributed by atoms with van der Waals surface area (Å²) in [5.41, 5.74) is 5.72. The van der Waals surface area contributed by atoms with Crippen LogP contribution in [-0.4, -0.2) is 30.9 Å². The summed E-state index contributed by atoms with van der Waals surface area (Å²) in [6.45, 7) is 1.77. The lowest BCUT2D eigenvalue weighted by Crippen LogP contribution is -2.39. The molecule has 1 amide bonds. The van der Waals surface area contributed by atoms with Crippen molar-refractivity contribution in [3.05, 3.63) is 90.0 Å². The number of carbonyl (C=O) groups excluding carboxylic acids is 1. The molecule has 4 heteroatoms. The topological polar surface area (TPSA) is 35.6 Å². The number of amides is 1. The zero-order valence-corrected chi connectivity index (χ0v) is 16.1. The number of para-hydroxylation sites is 3. The Morgan fingerprint density at radius 2 is 1.61 bits per heavy atom. The third-order valence-electron chi connectivity index (χ3n) is 5.32. The molecule has 0 aromatic heterocycles. The molecule has 1 N–H and O–H groups in total. The van der Waals surface area contributed by atoms with Crippen LogP contribution in [0.2, 0.25) is 0 Å². The van der Waals surface area contributed by atoms with E-state index >= 15 is 0 Å². The number of hydrogen-bond acceptors (Lipinski definition) is 3. The molecule has 1 heterocycles. The van der Waals surface area contributed by atoms with E-state index in [4.69, 9.17) is 0 Å². The summed E-state index contributed by atoms with van der Waals surface area (Å²) in [6, 6.07) is 26.7. The summed E-state index contributed by atoms with van der Waals surface area (Å²) in [6.07, 6.45) is 0.926. The first-order valence-corrected chi connectivity index (χ1v) is 9.68. The Kier molecular flexibility index (Phi) is 5.29. The van der Waals surface area contributed by atoms with Crippen LogP contribution in [0.15, 0.2) is 78.9 Å². The molecule has 0 bridgehead atoms. The molecule has 0 spiro atoms. The van der Waals surface area contributed by atoms with Crippen LogP contribution in [-0.2, 0) is 17.8 Å². The van der Waals surface area contributed by atoms with Gasteiger partial charge in [0.1, 0.15) is 0 Å². The maximum Gasteiger partial charge on any atom is 0.242 e. The van der Waals surface area contributed by atoms with Gasteiger partial charge in [0.05, 0.1) is 17.9 Å². The quantitative estimate of drug-likeness (QED) is 0.720. The van der Waals surface area contributed by atoms with Crippen molar-refractivity contribution in [2.45, 2.75) is 13.0 Å². The zero-order chi connectivity index (χ0) is 19.3. The molecule has 0 saturated heterocycles. The number of nitrogens with zero attached hydrogens (tertiary/aromatic N) is 2. The molecule has 0 atom stereocenters. The summed E-state index contributed by atoms with van der Waals surface area (Å²) in [5.74, 6) is 0.131. The van der Waals surface area contributed by atoms with Crippen LogP contribution in [0.3, 0.4) is 0 Å². The first-order chi connectivity index (χ1) is 13.7. The van der Waals surface area contributed by atoms with Crippen molar-refractivity contribution in [3.63, 3.8) is 0 Å². The lowest BCUT2D eigenvalue weighted by atomic mass is 10.00. The number of carbonyl (C=O) groups is 1. The molecule has 142 valence electrons. The highest BCUT2D eigenvalue weighted by Gasteiger charge is 2.20. The van der Waals surface area contributed by atoms with Gasteiger partial charge in [0.15, 0.2) is 0 Å². The first-order valence-electron chi connectivity index (χ1n) is 9.68. The van der Waals surface area contributed by atoms with Gasteiger partial charge in [-0.1, -0.05) is 54.6 Å². The molecule has 1 aliphatic heterocycles. The van der Waals surface area contributed by atoms with Gasteiger partial charge in [-0.25, -0.2) is 0 Å². The van der Waals surface area contributed by atoms with Gasteiger partial charge in [0.2, 0.25) is 5.91 Å². The average Bonchev–Trinajstić information content (AvgIpc) is 2.77. The molecule has 1 aliphatic rings. The minimum atomic E-state index is 0.131. The lowest BCUT2D eigenvalue weighted by molar-refractivity contribution is -0.130. The Hall–Kier alpha value is -3.27. The van der Waals surface area contributed by atoms with Crippen LogP contribution in [0.1, 0.15) is 11.1 Å². The van der Waals surface area contributed by atoms with E-state index in [2.05, 4.69) is 46.6 Å². The van der Waals surface area contributed by atoms with Crippen molar-refractivity contribution in [2.24, 2.45) is 0 Å². The Balaban J connectivity index is 1.44. The highest BCUT2D eigenvalue weighted by molar-refractivity contribution is 5.84. The maximum absolute atomic E-state index is 12.8. The number of rotatable bonds is 5. The molecule has 3 aromatic rings. The fourth-order valence-electron chi connectivity index (χ4n) is 3.70. The van der Waals surface area contributed by atoms with Crippen LogP contribution >= 0.6 is 0 Å². The predicted molar refractivity (Wildman–Crippen MR) is 115 cm³/mol. The minimum absolute atomic E-state index is 0.131. The van der Waals surface area contributed by atoms with Gasteiger partial charge in [-0.15, -0.1) is 0 Å². The molecular weight excluding hydrogens is 346 g/mol. The van der Waals surface area contributed by atoms with Crippen LogP contribution in [0.25, 0.3) is 0 Å². The van der Waals surface area contributed by atoms with Crippen LogP contribution in [0, 0.1) is 0 Å². The van der Waals surface area contributed by atoms with Crippen molar-refractivity contribution in [2.75, 3.05) is 30.4 Å². The summed E-state index contributed by atoms with van der Waals surface area (Å²) >= 11 is 0. The van der Waals surface area contributed by atoms with Crippen molar-refractivity contribution < 1.29 is 4.79 Å². The second-order valence-electron chi connectivity index (χ2n) is 7.10. The van der Waals surface area contributed by atoms with Gasteiger partial charge in [-0.2, -0.15) is 0 Å². The Morgan fingerprint density at radius 3 is 2.43 bits per heavy atom. The molecule has 3 aromatic carbocycles. The summed E-state index contributed by atoms with van der Waals surface area (Å²) < 4.78 is 0. The second-order valence-corrected chi connectivity index (χ2v) is 7.10. The van der Waals surface area contributed by atoms with Gasteiger partial charge in [0, 0.05) is 25.8 Å². The highest BCUT2D eigenvalue weighted by atomic mass is 16.2. The summed E-state index contributed by atoms with van der Waals surface area (Å²) in [5, 5.41) is 3.35. The molecule has 28 heavy (non-hydrogen) atoms. The van der Waals surface area contributed by atoms with Gasteiger partial charge in [-0.3, -0.25) is 4.79 Å². The highest BCUT2D eigenvalue weighted by Crippen LogP contribution is 2.30. The van der Waals surface area contributed by atoms with E-state index in [1.54, 1.807) is 0 Å². The van der Waals surface area contributed by atoms with E-state index in [-0.39, 0.29) is 5.91 Å². The van der Waals surface area contributed by atoms with Crippen LogP contribution in [0.4, 0.5) is 17.1 Å². The van der Waals surface area contributed by atoms with E-state index in [9.17, 15) is 4.79 Å². The van der Waals surface area contributed by atoms with E-state index in [0.717, 1.165) is 30.0 Å². The first kappa shape index (κ1) is 18.1. The van der Waals surface area contributed by atoms with Gasteiger partial charge < -0.3 is 15.1 Å².